The van der Waals surface area contributed by atoms with Crippen LogP contribution in [-0.2, 0) is 0 Å². The molecule has 0 fully saturated rings. The SMILES string of the molecule is C=C[CH]Sc1ccccc1. The molecule has 0 nitrogen and oxygen atoms in total. The third-order valence-electron chi connectivity index (χ3n) is 1.04. The van der Waals surface area contributed by atoms with Gasteiger partial charge in [-0.3, -0.25) is 0 Å². The van der Waals surface area contributed by atoms with Crippen LogP contribution in [0.3, 0.4) is 0 Å². The smallest absolute Gasteiger partial charge is 0.0429 e. The minimum absolute atomic E-state index is 1.25. The summed E-state index contributed by atoms with van der Waals surface area (Å²) in [5.74, 6) is 1.97. The van der Waals surface area contributed by atoms with Crippen LogP contribution in [-0.4, -0.2) is 0 Å². The van der Waals surface area contributed by atoms with Crippen molar-refractivity contribution in [2.75, 3.05) is 0 Å². The van der Waals surface area contributed by atoms with Gasteiger partial charge in [0.1, 0.15) is 0 Å². The number of thioether (sulfide) groups is 1. The second-order valence-corrected chi connectivity index (χ2v) is 2.78. The van der Waals surface area contributed by atoms with Crippen molar-refractivity contribution in [3.8, 4) is 0 Å². The van der Waals surface area contributed by atoms with Crippen LogP contribution in [0, 0.1) is 5.75 Å². The third-order valence-corrected chi connectivity index (χ3v) is 1.92. The molecule has 0 heterocycles. The van der Waals surface area contributed by atoms with Gasteiger partial charge in [-0.25, -0.2) is 0 Å². The second kappa shape index (κ2) is 4.18. The van der Waals surface area contributed by atoms with Gasteiger partial charge < -0.3 is 0 Å². The van der Waals surface area contributed by atoms with Crippen molar-refractivity contribution >= 4 is 11.8 Å². The summed E-state index contributed by atoms with van der Waals surface area (Å²) >= 11 is 1.68. The molecule has 51 valence electrons. The van der Waals surface area contributed by atoms with Crippen LogP contribution in [0.4, 0.5) is 0 Å². The molecular weight excluding hydrogens is 140 g/mol. The number of rotatable bonds is 3. The highest BCUT2D eigenvalue weighted by Gasteiger charge is 1.86. The monoisotopic (exact) mass is 149 g/mol. The van der Waals surface area contributed by atoms with E-state index in [0.717, 1.165) is 0 Å². The maximum atomic E-state index is 3.60. The van der Waals surface area contributed by atoms with Gasteiger partial charge in [-0.15, -0.1) is 18.3 Å². The van der Waals surface area contributed by atoms with Crippen LogP contribution in [0.15, 0.2) is 47.9 Å². The van der Waals surface area contributed by atoms with E-state index in [9.17, 15) is 0 Å². The first kappa shape index (κ1) is 7.42. The molecule has 1 aromatic rings. The summed E-state index contributed by atoms with van der Waals surface area (Å²) in [6.45, 7) is 3.60. The number of benzene rings is 1. The Bertz CT molecular complexity index is 191. The molecule has 0 unspecified atom stereocenters. The van der Waals surface area contributed by atoms with E-state index in [1.54, 1.807) is 17.8 Å². The first-order valence-electron chi connectivity index (χ1n) is 3.09. The molecule has 1 heteroatoms. The molecule has 0 spiro atoms. The molecule has 0 N–H and O–H groups in total. The van der Waals surface area contributed by atoms with Crippen LogP contribution < -0.4 is 0 Å². The van der Waals surface area contributed by atoms with Crippen molar-refractivity contribution < 1.29 is 0 Å². The van der Waals surface area contributed by atoms with Crippen molar-refractivity contribution in [2.24, 2.45) is 0 Å². The Labute approximate surface area is 66.0 Å². The van der Waals surface area contributed by atoms with E-state index in [4.69, 9.17) is 0 Å². The lowest BCUT2D eigenvalue weighted by atomic mass is 10.4. The minimum atomic E-state index is 1.25. The largest absolute Gasteiger partial charge is 0.117 e. The number of hydrogen-bond donors (Lipinski definition) is 0. The van der Waals surface area contributed by atoms with Gasteiger partial charge in [-0.05, 0) is 12.1 Å². The zero-order valence-corrected chi connectivity index (χ0v) is 6.47. The molecule has 0 aliphatic rings. The first-order valence-corrected chi connectivity index (χ1v) is 3.97. The highest BCUT2D eigenvalue weighted by atomic mass is 32.2. The highest BCUT2D eigenvalue weighted by Crippen LogP contribution is 2.19. The first-order chi connectivity index (χ1) is 4.93. The fraction of sp³-hybridized carbons (Fsp3) is 0. The molecule has 0 atom stereocenters. The van der Waals surface area contributed by atoms with Gasteiger partial charge >= 0.3 is 0 Å². The Balaban J connectivity index is 2.50. The Morgan fingerprint density at radius 2 is 1.90 bits per heavy atom. The Morgan fingerprint density at radius 3 is 2.50 bits per heavy atom. The summed E-state index contributed by atoms with van der Waals surface area (Å²) in [7, 11) is 0. The van der Waals surface area contributed by atoms with Crippen LogP contribution >= 0.6 is 11.8 Å². The Morgan fingerprint density at radius 1 is 1.20 bits per heavy atom. The van der Waals surface area contributed by atoms with E-state index >= 15 is 0 Å². The van der Waals surface area contributed by atoms with Gasteiger partial charge in [0, 0.05) is 10.6 Å². The molecule has 1 aromatic carbocycles. The fourth-order valence-corrected chi connectivity index (χ4v) is 1.19. The molecule has 0 aliphatic heterocycles. The van der Waals surface area contributed by atoms with Gasteiger partial charge in [0.2, 0.25) is 0 Å². The predicted octanol–water partition coefficient (Wildman–Crippen LogP) is 3.13. The lowest BCUT2D eigenvalue weighted by Gasteiger charge is -1.93. The lowest BCUT2D eigenvalue weighted by Crippen LogP contribution is -1.65. The molecule has 1 rings (SSSR count). The normalized spacial score (nSPS) is 9.20. The fourth-order valence-electron chi connectivity index (χ4n) is 0.626. The topological polar surface area (TPSA) is 0 Å². The zero-order chi connectivity index (χ0) is 7.23. The Kier molecular flexibility index (Phi) is 3.10. The van der Waals surface area contributed by atoms with E-state index in [1.165, 1.54) is 4.90 Å². The van der Waals surface area contributed by atoms with E-state index in [2.05, 4.69) is 18.7 Å². The lowest BCUT2D eigenvalue weighted by molar-refractivity contribution is 1.47. The summed E-state index contributed by atoms with van der Waals surface area (Å²) in [5.41, 5.74) is 0. The van der Waals surface area contributed by atoms with Gasteiger partial charge in [0.15, 0.2) is 0 Å². The van der Waals surface area contributed by atoms with Crippen LogP contribution in [0.25, 0.3) is 0 Å². The molecular formula is C9H9S. The molecule has 1 radical (unpaired) electrons. The van der Waals surface area contributed by atoms with Gasteiger partial charge in [-0.1, -0.05) is 24.3 Å². The van der Waals surface area contributed by atoms with E-state index in [-0.39, 0.29) is 0 Å². The molecule has 0 amide bonds. The predicted molar refractivity (Wildman–Crippen MR) is 46.8 cm³/mol. The molecule has 10 heavy (non-hydrogen) atoms. The average Bonchev–Trinajstić information content (AvgIpc) is 2.03. The standard InChI is InChI=1S/C9H9S/c1-2-8-10-9-6-4-3-5-7-9/h2-8H,1H2. The summed E-state index contributed by atoms with van der Waals surface area (Å²) in [5, 5.41) is 0. The summed E-state index contributed by atoms with van der Waals surface area (Å²) < 4.78 is 0. The quantitative estimate of drug-likeness (QED) is 0.595. The van der Waals surface area contributed by atoms with Crippen molar-refractivity contribution in [3.05, 3.63) is 48.7 Å². The van der Waals surface area contributed by atoms with Crippen LogP contribution in [0.5, 0.6) is 0 Å². The second-order valence-electron chi connectivity index (χ2n) is 1.80. The van der Waals surface area contributed by atoms with Crippen molar-refractivity contribution in [1.82, 2.24) is 0 Å². The van der Waals surface area contributed by atoms with Crippen molar-refractivity contribution in [3.63, 3.8) is 0 Å². The minimum Gasteiger partial charge on any atom is -0.117 e. The maximum Gasteiger partial charge on any atom is 0.0429 e. The van der Waals surface area contributed by atoms with Gasteiger partial charge in [0.05, 0.1) is 0 Å². The van der Waals surface area contributed by atoms with Crippen molar-refractivity contribution in [1.29, 1.82) is 0 Å². The van der Waals surface area contributed by atoms with Crippen molar-refractivity contribution in [2.45, 2.75) is 4.90 Å². The highest BCUT2D eigenvalue weighted by molar-refractivity contribution is 8.01. The van der Waals surface area contributed by atoms with Gasteiger partial charge in [-0.2, -0.15) is 0 Å². The van der Waals surface area contributed by atoms with Gasteiger partial charge in [0.25, 0.3) is 0 Å². The van der Waals surface area contributed by atoms with E-state index < -0.39 is 0 Å². The average molecular weight is 149 g/mol. The molecule has 0 saturated carbocycles. The van der Waals surface area contributed by atoms with E-state index in [1.807, 2.05) is 24.0 Å². The zero-order valence-electron chi connectivity index (χ0n) is 5.66. The van der Waals surface area contributed by atoms with Crippen LogP contribution in [0.1, 0.15) is 0 Å². The molecule has 0 bridgehead atoms. The summed E-state index contributed by atoms with van der Waals surface area (Å²) in [6.07, 6.45) is 1.79. The number of hydrogen-bond acceptors (Lipinski definition) is 1. The molecule has 0 saturated heterocycles. The Hall–Kier alpha value is -0.690. The third kappa shape index (κ3) is 2.28. The van der Waals surface area contributed by atoms with Crippen LogP contribution in [0.2, 0.25) is 0 Å². The maximum absolute atomic E-state index is 3.60. The van der Waals surface area contributed by atoms with E-state index in [0.29, 0.717) is 0 Å². The molecule has 0 aliphatic carbocycles. The molecule has 0 aromatic heterocycles. The summed E-state index contributed by atoms with van der Waals surface area (Å²) in [4.78, 5) is 1.25. The summed E-state index contributed by atoms with van der Waals surface area (Å²) in [6, 6.07) is 10.2.